The lowest BCUT2D eigenvalue weighted by Crippen LogP contribution is -1.96. The number of rotatable bonds is 4. The van der Waals surface area contributed by atoms with Gasteiger partial charge in [0, 0.05) is 29.7 Å². The number of aryl methyl sites for hydroxylation is 1. The summed E-state index contributed by atoms with van der Waals surface area (Å²) in [7, 11) is 5.11. The second kappa shape index (κ2) is 5.56. The fourth-order valence-electron chi connectivity index (χ4n) is 2.81. The Morgan fingerprint density at radius 1 is 1.09 bits per heavy atom. The first-order valence-electron chi connectivity index (χ1n) is 6.95. The van der Waals surface area contributed by atoms with E-state index in [2.05, 4.69) is 22.9 Å². The number of benzene rings is 2. The van der Waals surface area contributed by atoms with Gasteiger partial charge in [-0.05, 0) is 23.8 Å². The van der Waals surface area contributed by atoms with Gasteiger partial charge < -0.3 is 14.0 Å². The van der Waals surface area contributed by atoms with Gasteiger partial charge in [-0.2, -0.15) is 0 Å². The van der Waals surface area contributed by atoms with Crippen molar-refractivity contribution in [3.63, 3.8) is 0 Å². The van der Waals surface area contributed by atoms with Gasteiger partial charge in [0.25, 0.3) is 0 Å². The van der Waals surface area contributed by atoms with Crippen LogP contribution in [0.15, 0.2) is 42.6 Å². The summed E-state index contributed by atoms with van der Waals surface area (Å²) in [5.74, 6) is 1.01. The zero-order valence-electron chi connectivity index (χ0n) is 12.8. The molecule has 22 heavy (non-hydrogen) atoms. The van der Waals surface area contributed by atoms with Crippen LogP contribution in [-0.4, -0.2) is 25.1 Å². The van der Waals surface area contributed by atoms with Gasteiger partial charge in [-0.3, -0.25) is 4.79 Å². The number of carbonyl (C=O) groups is 1. The molecule has 0 N–H and O–H groups in total. The van der Waals surface area contributed by atoms with E-state index in [9.17, 15) is 4.79 Å². The highest BCUT2D eigenvalue weighted by Crippen LogP contribution is 2.38. The molecule has 0 fully saturated rings. The summed E-state index contributed by atoms with van der Waals surface area (Å²) in [4.78, 5) is 11.4. The molecule has 0 unspecified atom stereocenters. The van der Waals surface area contributed by atoms with Crippen LogP contribution >= 0.6 is 0 Å². The molecule has 3 rings (SSSR count). The first-order valence-corrected chi connectivity index (χ1v) is 6.95. The highest BCUT2D eigenvalue weighted by Gasteiger charge is 2.15. The Hall–Kier alpha value is -2.75. The summed E-state index contributed by atoms with van der Waals surface area (Å²) in [6.45, 7) is 0. The number of fused-ring (bicyclic) bond motifs is 1. The molecule has 1 heterocycles. The molecule has 4 nitrogen and oxygen atoms in total. The predicted octanol–water partition coefficient (Wildman–Crippen LogP) is 3.68. The van der Waals surface area contributed by atoms with Crippen LogP contribution in [0, 0.1) is 0 Å². The second-order valence-corrected chi connectivity index (χ2v) is 5.09. The summed E-state index contributed by atoms with van der Waals surface area (Å²) in [6.07, 6.45) is 2.84. The molecule has 0 amide bonds. The van der Waals surface area contributed by atoms with E-state index in [0.29, 0.717) is 17.1 Å². The smallest absolute Gasteiger partial charge is 0.171 e. The maximum Gasteiger partial charge on any atom is 0.171 e. The quantitative estimate of drug-likeness (QED) is 0.689. The summed E-state index contributed by atoms with van der Waals surface area (Å²) >= 11 is 0. The molecule has 4 heteroatoms. The van der Waals surface area contributed by atoms with E-state index in [-0.39, 0.29) is 0 Å². The fraction of sp³-hybridized carbons (Fsp3) is 0.167. The van der Waals surface area contributed by atoms with E-state index in [4.69, 9.17) is 9.47 Å². The Balaban J connectivity index is 2.29. The highest BCUT2D eigenvalue weighted by atomic mass is 16.5. The van der Waals surface area contributed by atoms with Gasteiger partial charge in [0.1, 0.15) is 0 Å². The van der Waals surface area contributed by atoms with Crippen molar-refractivity contribution in [2.24, 2.45) is 7.05 Å². The Morgan fingerprint density at radius 3 is 2.55 bits per heavy atom. The number of hydrogen-bond acceptors (Lipinski definition) is 3. The molecule has 0 aliphatic carbocycles. The van der Waals surface area contributed by atoms with Gasteiger partial charge in [-0.1, -0.05) is 18.2 Å². The normalized spacial score (nSPS) is 10.7. The fourth-order valence-corrected chi connectivity index (χ4v) is 2.81. The van der Waals surface area contributed by atoms with Gasteiger partial charge in [-0.25, -0.2) is 0 Å². The topological polar surface area (TPSA) is 40.5 Å². The van der Waals surface area contributed by atoms with Crippen molar-refractivity contribution < 1.29 is 14.3 Å². The maximum absolute atomic E-state index is 11.4. The van der Waals surface area contributed by atoms with Crippen molar-refractivity contribution in [2.75, 3.05) is 14.2 Å². The lowest BCUT2D eigenvalue weighted by atomic mass is 10.0. The number of hydrogen-bond donors (Lipinski definition) is 0. The number of para-hydroxylation sites is 1. The van der Waals surface area contributed by atoms with Crippen LogP contribution in [0.2, 0.25) is 0 Å². The number of aldehydes is 1. The number of ether oxygens (including phenoxy) is 2. The Bertz CT molecular complexity index is 849. The van der Waals surface area contributed by atoms with E-state index >= 15 is 0 Å². The van der Waals surface area contributed by atoms with Crippen LogP contribution in [-0.2, 0) is 7.05 Å². The molecule has 3 aromatic rings. The van der Waals surface area contributed by atoms with Crippen molar-refractivity contribution in [3.05, 3.63) is 48.2 Å². The summed E-state index contributed by atoms with van der Waals surface area (Å²) < 4.78 is 12.7. The molecule has 0 aliphatic rings. The third kappa shape index (κ3) is 2.13. The third-order valence-corrected chi connectivity index (χ3v) is 3.84. The second-order valence-electron chi connectivity index (χ2n) is 5.09. The van der Waals surface area contributed by atoms with Gasteiger partial charge in [0.2, 0.25) is 0 Å². The van der Waals surface area contributed by atoms with Crippen LogP contribution < -0.4 is 9.47 Å². The number of nitrogens with zero attached hydrogens (tertiary/aromatic N) is 1. The maximum atomic E-state index is 11.4. The molecule has 0 atom stereocenters. The van der Waals surface area contributed by atoms with Crippen LogP contribution in [0.25, 0.3) is 22.0 Å². The van der Waals surface area contributed by atoms with Crippen LogP contribution in [0.5, 0.6) is 11.5 Å². The average Bonchev–Trinajstić information content (AvgIpc) is 2.90. The van der Waals surface area contributed by atoms with Crippen LogP contribution in [0.1, 0.15) is 10.4 Å². The average molecular weight is 295 g/mol. The molecule has 0 aliphatic heterocycles. The van der Waals surface area contributed by atoms with Gasteiger partial charge in [0.15, 0.2) is 17.8 Å². The Labute approximate surface area is 128 Å². The van der Waals surface area contributed by atoms with Crippen molar-refractivity contribution in [3.8, 4) is 22.6 Å². The molecule has 0 saturated heterocycles. The molecule has 0 bridgehead atoms. The zero-order valence-corrected chi connectivity index (χ0v) is 12.8. The minimum atomic E-state index is 0.460. The minimum Gasteiger partial charge on any atom is -0.493 e. The molecule has 2 aromatic carbocycles. The zero-order chi connectivity index (χ0) is 15.7. The molecule has 1 aromatic heterocycles. The van der Waals surface area contributed by atoms with Crippen molar-refractivity contribution in [2.45, 2.75) is 0 Å². The van der Waals surface area contributed by atoms with Crippen LogP contribution in [0.3, 0.4) is 0 Å². The molecule has 0 radical (unpaired) electrons. The first-order chi connectivity index (χ1) is 10.7. The van der Waals surface area contributed by atoms with Crippen molar-refractivity contribution >= 4 is 17.2 Å². The number of methoxy groups -OCH3 is 2. The summed E-state index contributed by atoms with van der Waals surface area (Å²) in [5, 5.41) is 1.13. The largest absolute Gasteiger partial charge is 0.493 e. The van der Waals surface area contributed by atoms with E-state index in [1.54, 1.807) is 7.11 Å². The van der Waals surface area contributed by atoms with E-state index in [1.165, 1.54) is 7.11 Å². The minimum absolute atomic E-state index is 0.460. The van der Waals surface area contributed by atoms with Crippen LogP contribution in [0.4, 0.5) is 0 Å². The molecular weight excluding hydrogens is 278 g/mol. The summed E-state index contributed by atoms with van der Waals surface area (Å²) in [5.41, 5.74) is 3.60. The van der Waals surface area contributed by atoms with Gasteiger partial charge in [-0.15, -0.1) is 0 Å². The monoisotopic (exact) mass is 295 g/mol. The molecular formula is C18H17NO3. The SMILES string of the molecule is COc1cc(-c2cn(C)c3ccccc23)cc(C=O)c1OC. The van der Waals surface area contributed by atoms with Gasteiger partial charge >= 0.3 is 0 Å². The molecule has 0 saturated carbocycles. The number of carbonyl (C=O) groups excluding carboxylic acids is 1. The standard InChI is InChI=1S/C18H17NO3/c1-19-10-15(14-6-4-5-7-16(14)19)12-8-13(11-20)18(22-3)17(9-12)21-2/h4-11H,1-3H3. The first kappa shape index (κ1) is 14.2. The third-order valence-electron chi connectivity index (χ3n) is 3.84. The lowest BCUT2D eigenvalue weighted by Gasteiger charge is -2.12. The summed E-state index contributed by atoms with van der Waals surface area (Å²) in [6, 6.07) is 11.9. The number of aromatic nitrogens is 1. The Morgan fingerprint density at radius 2 is 1.86 bits per heavy atom. The molecule has 112 valence electrons. The molecule has 0 spiro atoms. The highest BCUT2D eigenvalue weighted by molar-refractivity contribution is 5.97. The van der Waals surface area contributed by atoms with Gasteiger partial charge in [0.05, 0.1) is 19.8 Å². The predicted molar refractivity (Wildman–Crippen MR) is 86.8 cm³/mol. The van der Waals surface area contributed by atoms with Crippen molar-refractivity contribution in [1.29, 1.82) is 0 Å². The van der Waals surface area contributed by atoms with E-state index < -0.39 is 0 Å². The Kier molecular flexibility index (Phi) is 3.59. The van der Waals surface area contributed by atoms with E-state index in [1.807, 2.05) is 31.3 Å². The van der Waals surface area contributed by atoms with Crippen molar-refractivity contribution in [1.82, 2.24) is 4.57 Å². The van der Waals surface area contributed by atoms with E-state index in [0.717, 1.165) is 28.3 Å². The lowest BCUT2D eigenvalue weighted by molar-refractivity contribution is 0.112.